The minimum Gasteiger partial charge on any atom is -0.476 e. The summed E-state index contributed by atoms with van der Waals surface area (Å²) in [6.45, 7) is 12.5. The van der Waals surface area contributed by atoms with Gasteiger partial charge in [-0.2, -0.15) is 5.10 Å². The second-order valence-corrected chi connectivity index (χ2v) is 11.3. The maximum absolute atomic E-state index is 13.0. The van der Waals surface area contributed by atoms with Gasteiger partial charge in [0, 0.05) is 13.1 Å². The molecular formula is C30H44BrN3O5. The van der Waals surface area contributed by atoms with Crippen LogP contribution in [0.4, 0.5) is 0 Å². The maximum Gasteiger partial charge on any atom is 0.349 e. The van der Waals surface area contributed by atoms with Gasteiger partial charge in [-0.05, 0) is 93.4 Å². The number of unbranched alkanes of at least 4 members (excludes halogenated alkanes) is 4. The van der Waals surface area contributed by atoms with Gasteiger partial charge in [0.25, 0.3) is 5.56 Å². The lowest BCUT2D eigenvalue weighted by Gasteiger charge is -2.25. The Balaban J connectivity index is 2.16. The summed E-state index contributed by atoms with van der Waals surface area (Å²) in [6, 6.07) is 5.95. The number of aromatic nitrogens is 3. The minimum absolute atomic E-state index is 0.158. The number of hydrogen-bond acceptors (Lipinski definition) is 6. The second-order valence-electron chi connectivity index (χ2n) is 10.5. The van der Waals surface area contributed by atoms with Crippen molar-refractivity contribution in [3.05, 3.63) is 66.4 Å². The number of halogens is 1. The molecule has 0 aliphatic heterocycles. The van der Waals surface area contributed by atoms with E-state index in [-0.39, 0.29) is 15.9 Å². The molecule has 8 nitrogen and oxygen atoms in total. The molecule has 0 N–H and O–H groups in total. The number of hydrogen-bond donors (Lipinski definition) is 0. The Morgan fingerprint density at radius 3 is 2.44 bits per heavy atom. The largest absolute Gasteiger partial charge is 0.476 e. The van der Waals surface area contributed by atoms with Gasteiger partial charge in [0.2, 0.25) is 0 Å². The van der Waals surface area contributed by atoms with E-state index in [9.17, 15) is 14.4 Å². The number of carbonyl (C=O) groups excluding carboxylic acids is 1. The van der Waals surface area contributed by atoms with Gasteiger partial charge >= 0.3 is 11.7 Å². The molecule has 2 rings (SSSR count). The molecule has 39 heavy (non-hydrogen) atoms. The van der Waals surface area contributed by atoms with Gasteiger partial charge in [-0.1, -0.05) is 56.4 Å². The first-order valence-electron chi connectivity index (χ1n) is 14.0. The van der Waals surface area contributed by atoms with Crippen LogP contribution in [0.5, 0.6) is 5.75 Å². The van der Waals surface area contributed by atoms with Crippen molar-refractivity contribution in [3.63, 3.8) is 0 Å². The zero-order valence-electron chi connectivity index (χ0n) is 24.3. The van der Waals surface area contributed by atoms with E-state index < -0.39 is 11.6 Å². The molecule has 0 spiro atoms. The first kappa shape index (κ1) is 32.5. The number of ether oxygens (including phenoxy) is 2. The van der Waals surface area contributed by atoms with Crippen LogP contribution in [0.25, 0.3) is 0 Å². The Kier molecular flexibility index (Phi) is 13.2. The number of carbonyl (C=O) groups is 1. The summed E-state index contributed by atoms with van der Waals surface area (Å²) in [7, 11) is 0. The monoisotopic (exact) mass is 605 g/mol. The molecule has 0 aliphatic rings. The van der Waals surface area contributed by atoms with Crippen LogP contribution >= 0.6 is 15.9 Å². The summed E-state index contributed by atoms with van der Waals surface area (Å²) in [5.41, 5.74) is 1.39. The van der Waals surface area contributed by atoms with E-state index in [1.807, 2.05) is 26.0 Å². The Bertz CT molecular complexity index is 1240. The van der Waals surface area contributed by atoms with Crippen LogP contribution in [0.3, 0.4) is 0 Å². The van der Waals surface area contributed by atoms with Gasteiger partial charge < -0.3 is 9.47 Å². The quantitative estimate of drug-likeness (QED) is 0.132. The SMILES string of the molecule is CCCCCCCn1c(=O)c(Br)nn(CCCc2ccc(OC(C)(C)C(=O)OCC)c(CC=C(C)C)c2)c1=O. The van der Waals surface area contributed by atoms with Crippen molar-refractivity contribution in [1.29, 1.82) is 0 Å². The van der Waals surface area contributed by atoms with E-state index in [4.69, 9.17) is 9.47 Å². The van der Waals surface area contributed by atoms with Crippen molar-refractivity contribution in [2.75, 3.05) is 6.61 Å². The molecule has 0 saturated carbocycles. The van der Waals surface area contributed by atoms with Gasteiger partial charge in [0.15, 0.2) is 10.2 Å². The third-order valence-corrected chi connectivity index (χ3v) is 6.89. The molecule has 0 unspecified atom stereocenters. The van der Waals surface area contributed by atoms with Crippen LogP contribution < -0.4 is 16.0 Å². The summed E-state index contributed by atoms with van der Waals surface area (Å²) in [5, 5.41) is 4.19. The second kappa shape index (κ2) is 15.8. The van der Waals surface area contributed by atoms with Crippen molar-refractivity contribution in [1.82, 2.24) is 14.3 Å². The van der Waals surface area contributed by atoms with Crippen molar-refractivity contribution < 1.29 is 14.3 Å². The summed E-state index contributed by atoms with van der Waals surface area (Å²) < 4.78 is 14.1. The molecule has 0 bridgehead atoms. The Labute approximate surface area is 240 Å². The zero-order valence-corrected chi connectivity index (χ0v) is 25.9. The summed E-state index contributed by atoms with van der Waals surface area (Å²) in [6.07, 6.45) is 9.36. The molecule has 1 aromatic carbocycles. The molecule has 0 atom stereocenters. The molecule has 0 saturated heterocycles. The molecule has 0 fully saturated rings. The van der Waals surface area contributed by atoms with Gasteiger partial charge in [-0.3, -0.25) is 9.36 Å². The van der Waals surface area contributed by atoms with Crippen molar-refractivity contribution in [2.24, 2.45) is 0 Å². The average Bonchev–Trinajstić information content (AvgIpc) is 2.88. The van der Waals surface area contributed by atoms with E-state index in [0.29, 0.717) is 44.7 Å². The molecular weight excluding hydrogens is 562 g/mol. The van der Waals surface area contributed by atoms with E-state index >= 15 is 0 Å². The van der Waals surface area contributed by atoms with Crippen LogP contribution in [0.1, 0.15) is 91.2 Å². The Morgan fingerprint density at radius 2 is 1.77 bits per heavy atom. The highest BCUT2D eigenvalue weighted by atomic mass is 79.9. The van der Waals surface area contributed by atoms with Gasteiger partial charge in [0.05, 0.1) is 6.61 Å². The van der Waals surface area contributed by atoms with E-state index in [0.717, 1.165) is 43.2 Å². The topological polar surface area (TPSA) is 92.4 Å². The zero-order chi connectivity index (χ0) is 29.0. The third kappa shape index (κ3) is 10.1. The Hall–Kier alpha value is -2.68. The molecule has 0 radical (unpaired) electrons. The van der Waals surface area contributed by atoms with Crippen LogP contribution in [0.15, 0.2) is 44.0 Å². The van der Waals surface area contributed by atoms with Crippen molar-refractivity contribution in [2.45, 2.75) is 112 Å². The first-order valence-corrected chi connectivity index (χ1v) is 14.8. The van der Waals surface area contributed by atoms with E-state index in [2.05, 4.69) is 40.1 Å². The third-order valence-electron chi connectivity index (χ3n) is 6.39. The fraction of sp³-hybridized carbons (Fsp3) is 0.600. The molecule has 0 aliphatic carbocycles. The summed E-state index contributed by atoms with van der Waals surface area (Å²) >= 11 is 3.24. The van der Waals surface area contributed by atoms with Crippen LogP contribution in [-0.4, -0.2) is 32.5 Å². The predicted octanol–water partition coefficient (Wildman–Crippen LogP) is 6.00. The van der Waals surface area contributed by atoms with Crippen LogP contribution in [0, 0.1) is 0 Å². The van der Waals surface area contributed by atoms with Gasteiger partial charge in [-0.15, -0.1) is 0 Å². The van der Waals surface area contributed by atoms with Crippen molar-refractivity contribution in [3.8, 4) is 5.75 Å². The lowest BCUT2D eigenvalue weighted by molar-refractivity contribution is -0.158. The average molecular weight is 607 g/mol. The van der Waals surface area contributed by atoms with E-state index in [1.165, 1.54) is 14.8 Å². The number of allylic oxidation sites excluding steroid dienone is 2. The molecule has 216 valence electrons. The smallest absolute Gasteiger partial charge is 0.349 e. The molecule has 2 aromatic rings. The number of nitrogens with zero attached hydrogens (tertiary/aromatic N) is 3. The molecule has 9 heteroatoms. The van der Waals surface area contributed by atoms with Crippen LogP contribution in [0.2, 0.25) is 0 Å². The number of rotatable bonds is 16. The highest BCUT2D eigenvalue weighted by Gasteiger charge is 2.32. The number of esters is 1. The standard InChI is InChI=1S/C30H44BrN3O5/c1-7-9-10-11-12-19-33-27(35)26(31)32-34(29(33)37)20-13-14-23-16-18-25(24(21-23)17-15-22(3)4)39-30(5,6)28(36)38-8-2/h15-16,18,21H,7-14,17,19-20H2,1-6H3. The summed E-state index contributed by atoms with van der Waals surface area (Å²) in [4.78, 5) is 37.8. The molecule has 1 heterocycles. The first-order chi connectivity index (χ1) is 18.5. The highest BCUT2D eigenvalue weighted by molar-refractivity contribution is 9.10. The van der Waals surface area contributed by atoms with Gasteiger partial charge in [0.1, 0.15) is 5.75 Å². The van der Waals surface area contributed by atoms with Crippen molar-refractivity contribution >= 4 is 21.9 Å². The fourth-order valence-electron chi connectivity index (χ4n) is 4.16. The Morgan fingerprint density at radius 1 is 1.05 bits per heavy atom. The van der Waals surface area contributed by atoms with E-state index in [1.54, 1.807) is 20.8 Å². The maximum atomic E-state index is 13.0. The summed E-state index contributed by atoms with van der Waals surface area (Å²) in [5.74, 6) is 0.232. The molecule has 0 amide bonds. The number of aryl methyl sites for hydroxylation is 2. The minimum atomic E-state index is -1.11. The normalized spacial score (nSPS) is 11.4. The number of benzene rings is 1. The molecule has 1 aromatic heterocycles. The lowest BCUT2D eigenvalue weighted by atomic mass is 10.0. The van der Waals surface area contributed by atoms with Gasteiger partial charge in [-0.25, -0.2) is 14.3 Å². The highest BCUT2D eigenvalue weighted by Crippen LogP contribution is 2.27. The fourth-order valence-corrected chi connectivity index (χ4v) is 4.57. The van der Waals surface area contributed by atoms with Crippen LogP contribution in [-0.2, 0) is 35.5 Å². The lowest BCUT2D eigenvalue weighted by Crippen LogP contribution is -2.42. The predicted molar refractivity (Wildman–Crippen MR) is 158 cm³/mol.